The summed E-state index contributed by atoms with van der Waals surface area (Å²) in [4.78, 5) is 20.2. The molecule has 4 rings (SSSR count). The molecule has 3 aromatic rings. The number of aromatic nitrogens is 3. The normalized spacial score (nSPS) is 17.2. The van der Waals surface area contributed by atoms with Crippen LogP contribution in [0.4, 0.5) is 5.82 Å². The van der Waals surface area contributed by atoms with Crippen LogP contribution in [0.3, 0.4) is 0 Å². The largest absolute Gasteiger partial charge is 0.358 e. The Balaban J connectivity index is 1.82. The molecule has 1 aromatic carbocycles. The van der Waals surface area contributed by atoms with E-state index >= 15 is 0 Å². The van der Waals surface area contributed by atoms with E-state index in [9.17, 15) is 4.79 Å². The van der Waals surface area contributed by atoms with Crippen molar-refractivity contribution in [2.45, 2.75) is 52.5 Å². The summed E-state index contributed by atoms with van der Waals surface area (Å²) in [5, 5.41) is 0.693. The third kappa shape index (κ3) is 4.20. The van der Waals surface area contributed by atoms with Crippen LogP contribution >= 0.6 is 11.6 Å². The fourth-order valence-electron chi connectivity index (χ4n) is 4.24. The molecule has 1 fully saturated rings. The van der Waals surface area contributed by atoms with Crippen molar-refractivity contribution in [3.63, 3.8) is 0 Å². The van der Waals surface area contributed by atoms with Gasteiger partial charge in [0, 0.05) is 42.5 Å². The Kier molecular flexibility index (Phi) is 5.95. The number of benzene rings is 1. The molecule has 0 unspecified atom stereocenters. The Bertz CT molecular complexity index is 1040. The topological polar surface area (TPSA) is 42.5 Å². The Morgan fingerprint density at radius 2 is 2.00 bits per heavy atom. The van der Waals surface area contributed by atoms with E-state index in [1.165, 1.54) is 19.3 Å². The third-order valence-corrected chi connectivity index (χ3v) is 6.05. The Morgan fingerprint density at radius 1 is 1.21 bits per heavy atom. The van der Waals surface area contributed by atoms with E-state index in [1.54, 1.807) is 10.5 Å². The molecule has 0 radical (unpaired) electrons. The molecule has 3 heterocycles. The summed E-state index contributed by atoms with van der Waals surface area (Å²) < 4.78 is 3.93. The Labute approximate surface area is 176 Å². The van der Waals surface area contributed by atoms with E-state index in [1.807, 2.05) is 30.5 Å². The zero-order valence-corrected chi connectivity index (χ0v) is 18.0. The second-order valence-electron chi connectivity index (χ2n) is 8.20. The molecule has 2 aromatic heterocycles. The molecule has 5 nitrogen and oxygen atoms in total. The fourth-order valence-corrected chi connectivity index (χ4v) is 4.36. The molecule has 1 aliphatic heterocycles. The van der Waals surface area contributed by atoms with Crippen molar-refractivity contribution in [3.05, 3.63) is 51.9 Å². The summed E-state index contributed by atoms with van der Waals surface area (Å²) in [5.41, 5.74) is 1.74. The van der Waals surface area contributed by atoms with Crippen LogP contribution in [0.1, 0.15) is 46.0 Å². The van der Waals surface area contributed by atoms with Gasteiger partial charge in [0.1, 0.15) is 5.82 Å². The maximum absolute atomic E-state index is 13.0. The van der Waals surface area contributed by atoms with Gasteiger partial charge in [0.05, 0.1) is 5.69 Å². The minimum atomic E-state index is -0.0207. The number of aryl methyl sites for hydroxylation is 1. The van der Waals surface area contributed by atoms with Crippen LogP contribution < -0.4 is 10.5 Å². The number of fused-ring (bicyclic) bond motifs is 1. The van der Waals surface area contributed by atoms with E-state index in [-0.39, 0.29) is 5.56 Å². The fraction of sp³-hybridized carbons (Fsp3) is 0.478. The van der Waals surface area contributed by atoms with Gasteiger partial charge >= 0.3 is 0 Å². The first kappa shape index (κ1) is 20.0. The molecule has 29 heavy (non-hydrogen) atoms. The van der Waals surface area contributed by atoms with Gasteiger partial charge in [-0.05, 0) is 37.3 Å². The van der Waals surface area contributed by atoms with Crippen molar-refractivity contribution in [2.75, 3.05) is 18.0 Å². The predicted octanol–water partition coefficient (Wildman–Crippen LogP) is 5.24. The van der Waals surface area contributed by atoms with Gasteiger partial charge in [0.15, 0.2) is 0 Å². The number of imidazole rings is 1. The number of rotatable bonds is 6. The zero-order valence-electron chi connectivity index (χ0n) is 17.3. The van der Waals surface area contributed by atoms with E-state index in [4.69, 9.17) is 16.6 Å². The lowest BCUT2D eigenvalue weighted by Gasteiger charge is -2.34. The highest BCUT2D eigenvalue weighted by Gasteiger charge is 2.22. The molecule has 0 bridgehead atoms. The van der Waals surface area contributed by atoms with Crippen LogP contribution in [-0.4, -0.2) is 27.0 Å². The molecule has 0 saturated carbocycles. The smallest absolute Gasteiger partial charge is 0.261 e. The van der Waals surface area contributed by atoms with E-state index in [0.717, 1.165) is 55.3 Å². The maximum Gasteiger partial charge on any atom is 0.261 e. The van der Waals surface area contributed by atoms with Crippen LogP contribution in [0.5, 0.6) is 0 Å². The van der Waals surface area contributed by atoms with Crippen molar-refractivity contribution >= 4 is 23.2 Å². The molecule has 1 saturated heterocycles. The first-order chi connectivity index (χ1) is 14.1. The lowest BCUT2D eigenvalue weighted by Crippen LogP contribution is -2.37. The highest BCUT2D eigenvalue weighted by atomic mass is 35.5. The number of anilines is 1. The van der Waals surface area contributed by atoms with Crippen molar-refractivity contribution < 1.29 is 0 Å². The number of hydrogen-bond acceptors (Lipinski definition) is 3. The number of halogens is 1. The summed E-state index contributed by atoms with van der Waals surface area (Å²) in [7, 11) is 0. The van der Waals surface area contributed by atoms with Crippen LogP contribution in [-0.2, 0) is 6.54 Å². The first-order valence-electron chi connectivity index (χ1n) is 10.7. The second kappa shape index (κ2) is 8.62. The second-order valence-corrected chi connectivity index (χ2v) is 8.63. The van der Waals surface area contributed by atoms with Gasteiger partial charge in [-0.2, -0.15) is 0 Å². The molecular formula is C23H29ClN4O. The predicted molar refractivity (Wildman–Crippen MR) is 120 cm³/mol. The van der Waals surface area contributed by atoms with Gasteiger partial charge in [0.25, 0.3) is 5.56 Å². The molecule has 6 heteroatoms. The standard InChI is InChI=1S/C23H29ClN4O/c1-3-4-5-13-27-21(26-12-6-7-17(2)15-26)14-22(29)28-16-20(25-23(27)28)18-8-10-19(24)11-9-18/h8-11,14,16-17H,3-7,12-13,15H2,1-2H3/t17-/m0/s1. The molecule has 0 N–H and O–H groups in total. The van der Waals surface area contributed by atoms with Crippen molar-refractivity contribution in [1.29, 1.82) is 0 Å². The van der Waals surface area contributed by atoms with Crippen LogP contribution in [0, 0.1) is 5.92 Å². The summed E-state index contributed by atoms with van der Waals surface area (Å²) >= 11 is 6.03. The van der Waals surface area contributed by atoms with E-state index in [0.29, 0.717) is 10.9 Å². The third-order valence-electron chi connectivity index (χ3n) is 5.80. The number of piperidine rings is 1. The molecule has 1 atom stereocenters. The quantitative estimate of drug-likeness (QED) is 0.520. The van der Waals surface area contributed by atoms with E-state index in [2.05, 4.69) is 23.3 Å². The van der Waals surface area contributed by atoms with Crippen molar-refractivity contribution in [2.24, 2.45) is 5.92 Å². The Morgan fingerprint density at radius 3 is 2.72 bits per heavy atom. The Hall–Kier alpha value is -2.27. The zero-order chi connectivity index (χ0) is 20.4. The molecule has 0 aliphatic carbocycles. The average molecular weight is 413 g/mol. The summed E-state index contributed by atoms with van der Waals surface area (Å²) in [6, 6.07) is 9.40. The lowest BCUT2D eigenvalue weighted by atomic mass is 10.0. The molecule has 154 valence electrons. The monoisotopic (exact) mass is 412 g/mol. The SMILES string of the molecule is CCCCCn1c(N2CCC[C@H](C)C2)cc(=O)n2cc(-c3ccc(Cl)cc3)nc12. The van der Waals surface area contributed by atoms with Gasteiger partial charge in [-0.15, -0.1) is 0 Å². The summed E-state index contributed by atoms with van der Waals surface area (Å²) in [5.74, 6) is 2.38. The molecule has 0 spiro atoms. The minimum Gasteiger partial charge on any atom is -0.358 e. The van der Waals surface area contributed by atoms with Crippen molar-refractivity contribution in [1.82, 2.24) is 14.0 Å². The average Bonchev–Trinajstić information content (AvgIpc) is 3.16. The highest BCUT2D eigenvalue weighted by Crippen LogP contribution is 2.26. The van der Waals surface area contributed by atoms with Crippen LogP contribution in [0.25, 0.3) is 17.0 Å². The van der Waals surface area contributed by atoms with Gasteiger partial charge in [-0.1, -0.05) is 50.4 Å². The van der Waals surface area contributed by atoms with Gasteiger partial charge in [-0.25, -0.2) is 4.98 Å². The van der Waals surface area contributed by atoms with Gasteiger partial charge in [-0.3, -0.25) is 13.8 Å². The van der Waals surface area contributed by atoms with E-state index < -0.39 is 0 Å². The lowest BCUT2D eigenvalue weighted by molar-refractivity contribution is 0.438. The van der Waals surface area contributed by atoms with Crippen LogP contribution in [0.15, 0.2) is 41.3 Å². The van der Waals surface area contributed by atoms with Gasteiger partial charge < -0.3 is 4.90 Å². The van der Waals surface area contributed by atoms with Gasteiger partial charge in [0.2, 0.25) is 5.78 Å². The molecule has 0 amide bonds. The molecule has 1 aliphatic rings. The maximum atomic E-state index is 13.0. The number of unbranched alkanes of at least 4 members (excludes halogenated alkanes) is 2. The molecular weight excluding hydrogens is 384 g/mol. The highest BCUT2D eigenvalue weighted by molar-refractivity contribution is 6.30. The van der Waals surface area contributed by atoms with Crippen LogP contribution in [0.2, 0.25) is 5.02 Å². The number of hydrogen-bond donors (Lipinski definition) is 0. The summed E-state index contributed by atoms with van der Waals surface area (Å²) in [6.45, 7) is 7.36. The minimum absolute atomic E-state index is 0.0207. The summed E-state index contributed by atoms with van der Waals surface area (Å²) in [6.07, 6.45) is 7.67. The van der Waals surface area contributed by atoms with Crippen molar-refractivity contribution in [3.8, 4) is 11.3 Å². The number of nitrogens with zero attached hydrogens (tertiary/aromatic N) is 4. The first-order valence-corrected chi connectivity index (χ1v) is 11.1.